The number of likely N-dealkylation sites (tertiary alicyclic amines) is 1. The van der Waals surface area contributed by atoms with Gasteiger partial charge < -0.3 is 15.8 Å². The SMILES string of the molecule is NC(CCCN1CCC2(CCCC2)CC1)=NO. The van der Waals surface area contributed by atoms with Gasteiger partial charge in [0.15, 0.2) is 0 Å². The van der Waals surface area contributed by atoms with Gasteiger partial charge in [0.1, 0.15) is 5.84 Å². The number of piperidine rings is 1. The van der Waals surface area contributed by atoms with E-state index in [0.29, 0.717) is 17.7 Å². The lowest BCUT2D eigenvalue weighted by molar-refractivity contribution is 0.108. The first-order chi connectivity index (χ1) is 8.24. The van der Waals surface area contributed by atoms with E-state index in [4.69, 9.17) is 10.9 Å². The molecule has 2 fully saturated rings. The van der Waals surface area contributed by atoms with Crippen molar-refractivity contribution in [2.45, 2.75) is 51.4 Å². The number of oxime groups is 1. The molecule has 3 N–H and O–H groups in total. The predicted molar refractivity (Wildman–Crippen MR) is 69.2 cm³/mol. The van der Waals surface area contributed by atoms with Crippen LogP contribution in [0.2, 0.25) is 0 Å². The standard InChI is InChI=1S/C13H25N3O/c14-12(15-17)4-3-9-16-10-7-13(8-11-16)5-1-2-6-13/h17H,1-11H2,(H2,14,15). The third kappa shape index (κ3) is 3.35. The number of hydrogen-bond donors (Lipinski definition) is 2. The summed E-state index contributed by atoms with van der Waals surface area (Å²) < 4.78 is 0. The molecule has 2 aliphatic rings. The third-order valence-corrected chi connectivity index (χ3v) is 4.62. The van der Waals surface area contributed by atoms with Crippen LogP contribution in [0.25, 0.3) is 0 Å². The molecule has 0 aromatic rings. The Bertz CT molecular complexity index is 262. The molecule has 0 atom stereocenters. The Balaban J connectivity index is 1.65. The van der Waals surface area contributed by atoms with Crippen molar-refractivity contribution >= 4 is 5.84 Å². The van der Waals surface area contributed by atoms with E-state index in [-0.39, 0.29) is 0 Å². The predicted octanol–water partition coefficient (Wildman–Crippen LogP) is 2.17. The minimum Gasteiger partial charge on any atom is -0.409 e. The lowest BCUT2D eigenvalue weighted by Gasteiger charge is -2.39. The zero-order valence-electron chi connectivity index (χ0n) is 10.7. The lowest BCUT2D eigenvalue weighted by Crippen LogP contribution is -2.39. The molecule has 0 unspecified atom stereocenters. The summed E-state index contributed by atoms with van der Waals surface area (Å²) in [4.78, 5) is 2.54. The van der Waals surface area contributed by atoms with Crippen LogP contribution in [0.5, 0.6) is 0 Å². The number of nitrogens with two attached hydrogens (primary N) is 1. The van der Waals surface area contributed by atoms with Crippen LogP contribution in [0.4, 0.5) is 0 Å². The highest BCUT2D eigenvalue weighted by atomic mass is 16.4. The number of amidine groups is 1. The molecule has 4 heteroatoms. The number of nitrogens with zero attached hydrogens (tertiary/aromatic N) is 2. The highest BCUT2D eigenvalue weighted by molar-refractivity contribution is 5.79. The van der Waals surface area contributed by atoms with Crippen LogP contribution in [-0.2, 0) is 0 Å². The van der Waals surface area contributed by atoms with Crippen LogP contribution in [0.15, 0.2) is 5.16 Å². The van der Waals surface area contributed by atoms with Crippen molar-refractivity contribution in [3.8, 4) is 0 Å². The Morgan fingerprint density at radius 3 is 2.41 bits per heavy atom. The molecule has 2 rings (SSSR count). The molecule has 0 aromatic carbocycles. The molecular weight excluding hydrogens is 214 g/mol. The van der Waals surface area contributed by atoms with Crippen molar-refractivity contribution in [2.75, 3.05) is 19.6 Å². The van der Waals surface area contributed by atoms with Crippen molar-refractivity contribution in [3.05, 3.63) is 0 Å². The van der Waals surface area contributed by atoms with Crippen molar-refractivity contribution in [2.24, 2.45) is 16.3 Å². The van der Waals surface area contributed by atoms with E-state index in [1.807, 2.05) is 0 Å². The van der Waals surface area contributed by atoms with Gasteiger partial charge in [-0.05, 0) is 57.2 Å². The van der Waals surface area contributed by atoms with Crippen LogP contribution in [0.3, 0.4) is 0 Å². The number of hydrogen-bond acceptors (Lipinski definition) is 3. The second kappa shape index (κ2) is 5.71. The van der Waals surface area contributed by atoms with Gasteiger partial charge in [0.05, 0.1) is 0 Å². The van der Waals surface area contributed by atoms with E-state index < -0.39 is 0 Å². The average molecular weight is 239 g/mol. The van der Waals surface area contributed by atoms with Crippen molar-refractivity contribution in [1.82, 2.24) is 4.90 Å². The molecule has 1 spiro atoms. The maximum Gasteiger partial charge on any atom is 0.139 e. The van der Waals surface area contributed by atoms with Crippen molar-refractivity contribution < 1.29 is 5.21 Å². The van der Waals surface area contributed by atoms with Crippen LogP contribution in [-0.4, -0.2) is 35.6 Å². The van der Waals surface area contributed by atoms with E-state index in [2.05, 4.69) is 10.1 Å². The minimum absolute atomic E-state index is 0.356. The van der Waals surface area contributed by atoms with Gasteiger partial charge in [-0.25, -0.2) is 0 Å². The molecule has 1 saturated carbocycles. The van der Waals surface area contributed by atoms with Gasteiger partial charge in [-0.1, -0.05) is 18.0 Å². The maximum atomic E-state index is 8.46. The monoisotopic (exact) mass is 239 g/mol. The molecule has 0 aromatic heterocycles. The van der Waals surface area contributed by atoms with Crippen LogP contribution >= 0.6 is 0 Å². The Labute approximate surface area is 104 Å². The quantitative estimate of drug-likeness (QED) is 0.342. The summed E-state index contributed by atoms with van der Waals surface area (Å²) in [6.45, 7) is 3.58. The van der Waals surface area contributed by atoms with Gasteiger partial charge in [-0.3, -0.25) is 0 Å². The largest absolute Gasteiger partial charge is 0.409 e. The molecule has 0 bridgehead atoms. The van der Waals surface area contributed by atoms with Crippen LogP contribution in [0.1, 0.15) is 51.4 Å². The van der Waals surface area contributed by atoms with Crippen molar-refractivity contribution in [3.63, 3.8) is 0 Å². The maximum absolute atomic E-state index is 8.46. The first-order valence-electron chi connectivity index (χ1n) is 6.93. The zero-order valence-corrected chi connectivity index (χ0v) is 10.7. The molecule has 4 nitrogen and oxygen atoms in total. The molecular formula is C13H25N3O. The van der Waals surface area contributed by atoms with E-state index in [0.717, 1.165) is 13.0 Å². The molecule has 1 aliphatic heterocycles. The second-order valence-corrected chi connectivity index (χ2v) is 5.74. The second-order valence-electron chi connectivity index (χ2n) is 5.74. The Kier molecular flexibility index (Phi) is 4.26. The van der Waals surface area contributed by atoms with Gasteiger partial charge in [0, 0.05) is 6.42 Å². The third-order valence-electron chi connectivity index (χ3n) is 4.62. The van der Waals surface area contributed by atoms with Gasteiger partial charge in [-0.15, -0.1) is 0 Å². The van der Waals surface area contributed by atoms with Gasteiger partial charge in [0.25, 0.3) is 0 Å². The summed E-state index contributed by atoms with van der Waals surface area (Å²) in [6, 6.07) is 0. The Morgan fingerprint density at radius 2 is 1.82 bits per heavy atom. The first-order valence-corrected chi connectivity index (χ1v) is 6.93. The van der Waals surface area contributed by atoms with Gasteiger partial charge in [-0.2, -0.15) is 0 Å². The summed E-state index contributed by atoms with van der Waals surface area (Å²) in [5.74, 6) is 0.356. The fraction of sp³-hybridized carbons (Fsp3) is 0.923. The average Bonchev–Trinajstić information content (AvgIpc) is 2.80. The van der Waals surface area contributed by atoms with Crippen LogP contribution in [0, 0.1) is 5.41 Å². The number of rotatable bonds is 4. The molecule has 0 radical (unpaired) electrons. The van der Waals surface area contributed by atoms with Crippen LogP contribution < -0.4 is 5.73 Å². The summed E-state index contributed by atoms with van der Waals surface area (Å²) in [5.41, 5.74) is 6.17. The van der Waals surface area contributed by atoms with E-state index in [1.165, 1.54) is 51.6 Å². The highest BCUT2D eigenvalue weighted by Gasteiger charge is 2.36. The lowest BCUT2D eigenvalue weighted by atomic mass is 9.77. The fourth-order valence-electron chi connectivity index (χ4n) is 3.41. The van der Waals surface area contributed by atoms with Gasteiger partial charge >= 0.3 is 0 Å². The highest BCUT2D eigenvalue weighted by Crippen LogP contribution is 2.45. The smallest absolute Gasteiger partial charge is 0.139 e. The van der Waals surface area contributed by atoms with E-state index in [9.17, 15) is 0 Å². The topological polar surface area (TPSA) is 61.8 Å². The van der Waals surface area contributed by atoms with E-state index >= 15 is 0 Å². The molecule has 0 amide bonds. The van der Waals surface area contributed by atoms with Crippen molar-refractivity contribution in [1.29, 1.82) is 0 Å². The summed E-state index contributed by atoms with van der Waals surface area (Å²) >= 11 is 0. The summed E-state index contributed by atoms with van der Waals surface area (Å²) in [6.07, 6.45) is 10.3. The molecule has 98 valence electrons. The van der Waals surface area contributed by atoms with Gasteiger partial charge in [0.2, 0.25) is 0 Å². The van der Waals surface area contributed by atoms with E-state index in [1.54, 1.807) is 0 Å². The fourth-order valence-corrected chi connectivity index (χ4v) is 3.41. The Hall–Kier alpha value is -0.770. The molecule has 17 heavy (non-hydrogen) atoms. The molecule has 1 saturated heterocycles. The minimum atomic E-state index is 0.356. The zero-order chi connectivity index (χ0) is 12.1. The molecule has 1 aliphatic carbocycles. The first kappa shape index (κ1) is 12.7. The Morgan fingerprint density at radius 1 is 1.18 bits per heavy atom. The summed E-state index contributed by atoms with van der Waals surface area (Å²) in [5, 5.41) is 11.5. The normalized spacial score (nSPS) is 25.5. The summed E-state index contributed by atoms with van der Waals surface area (Å²) in [7, 11) is 0. The molecule has 1 heterocycles.